The van der Waals surface area contributed by atoms with Crippen LogP contribution in [0.25, 0.3) is 0 Å². The summed E-state index contributed by atoms with van der Waals surface area (Å²) in [5, 5.41) is 13.3. The summed E-state index contributed by atoms with van der Waals surface area (Å²) in [6.07, 6.45) is 5.15. The molecule has 1 amide bonds. The molecule has 1 unspecified atom stereocenters. The van der Waals surface area contributed by atoms with Gasteiger partial charge in [0, 0.05) is 16.9 Å². The van der Waals surface area contributed by atoms with Crippen molar-refractivity contribution >= 4 is 22.2 Å². The summed E-state index contributed by atoms with van der Waals surface area (Å²) < 4.78 is 10.8. The maximum Gasteiger partial charge on any atom is 0.280 e. The van der Waals surface area contributed by atoms with E-state index in [1.165, 1.54) is 20.9 Å². The number of amides is 1. The Hall–Kier alpha value is -2.56. The van der Waals surface area contributed by atoms with Crippen molar-refractivity contribution in [3.63, 3.8) is 0 Å². The zero-order valence-corrected chi connectivity index (χ0v) is 17.7. The lowest BCUT2D eigenvalue weighted by molar-refractivity contribution is -0.907. The fraction of sp³-hybridized carbons (Fsp3) is 0.455. The first-order valence-corrected chi connectivity index (χ1v) is 10.9. The van der Waals surface area contributed by atoms with Gasteiger partial charge in [0.15, 0.2) is 18.0 Å². The zero-order valence-electron chi connectivity index (χ0n) is 16.9. The number of hydrogen-bond donors (Lipinski definition) is 2. The molecule has 6 nitrogen and oxygen atoms in total. The van der Waals surface area contributed by atoms with Crippen LogP contribution in [-0.2, 0) is 30.6 Å². The highest BCUT2D eigenvalue weighted by molar-refractivity contribution is 7.16. The van der Waals surface area contributed by atoms with Crippen LogP contribution in [0.3, 0.4) is 0 Å². The molecule has 0 radical (unpaired) electrons. The molecule has 2 aliphatic rings. The Balaban J connectivity index is 1.44. The molecular formula is C22H26N3O3S+. The molecule has 2 aromatic rings. The van der Waals surface area contributed by atoms with Crippen molar-refractivity contribution in [3.05, 3.63) is 39.3 Å². The Bertz CT molecular complexity index is 977. The molecule has 0 saturated heterocycles. The average Bonchev–Trinajstić information content (AvgIpc) is 3.09. The van der Waals surface area contributed by atoms with Crippen LogP contribution in [0.5, 0.6) is 11.5 Å². The molecule has 0 bridgehead atoms. The first kappa shape index (κ1) is 19.7. The minimum atomic E-state index is -0.0287. The van der Waals surface area contributed by atoms with Crippen LogP contribution in [0.15, 0.2) is 12.1 Å². The second-order valence-electron chi connectivity index (χ2n) is 7.65. The Morgan fingerprint density at radius 3 is 2.62 bits per heavy atom. The number of benzene rings is 1. The maximum atomic E-state index is 12.7. The van der Waals surface area contributed by atoms with Gasteiger partial charge >= 0.3 is 0 Å². The first-order chi connectivity index (χ1) is 14.1. The number of quaternary nitrogens is 1. The summed E-state index contributed by atoms with van der Waals surface area (Å²) >= 11 is 1.58. The number of methoxy groups -OCH3 is 2. The van der Waals surface area contributed by atoms with E-state index in [2.05, 4.69) is 11.4 Å². The largest absolute Gasteiger partial charge is 0.493 e. The fourth-order valence-corrected chi connectivity index (χ4v) is 5.61. The third-order valence-electron chi connectivity index (χ3n) is 5.84. The molecule has 1 aromatic heterocycles. The van der Waals surface area contributed by atoms with E-state index >= 15 is 0 Å². The smallest absolute Gasteiger partial charge is 0.280 e. The topological polar surface area (TPSA) is 75.8 Å². The number of carbonyl (C=O) groups is 1. The highest BCUT2D eigenvalue weighted by Gasteiger charge is 2.26. The van der Waals surface area contributed by atoms with Crippen molar-refractivity contribution in [2.45, 2.75) is 38.6 Å². The summed E-state index contributed by atoms with van der Waals surface area (Å²) in [6, 6.07) is 6.37. The molecule has 29 heavy (non-hydrogen) atoms. The standard InChI is InChI=1S/C22H25N3O3S/c1-27-18-9-14-7-8-25(12-15(14)10-19(18)28-2)13-21(26)24-22-17(11-23)16-5-3-4-6-20(16)29-22/h9-10H,3-8,12-13H2,1-2H3,(H,24,26)/p+1. The summed E-state index contributed by atoms with van der Waals surface area (Å²) in [7, 11) is 3.28. The van der Waals surface area contributed by atoms with Crippen LogP contribution in [-0.4, -0.2) is 33.2 Å². The fourth-order valence-electron chi connectivity index (χ4n) is 4.35. The van der Waals surface area contributed by atoms with E-state index < -0.39 is 0 Å². The van der Waals surface area contributed by atoms with E-state index in [0.717, 1.165) is 67.3 Å². The van der Waals surface area contributed by atoms with E-state index in [1.807, 2.05) is 12.1 Å². The number of aryl methyl sites for hydroxylation is 1. The van der Waals surface area contributed by atoms with Gasteiger partial charge in [-0.1, -0.05) is 0 Å². The van der Waals surface area contributed by atoms with Gasteiger partial charge in [-0.15, -0.1) is 11.3 Å². The van der Waals surface area contributed by atoms with Gasteiger partial charge in [-0.05, 0) is 48.9 Å². The zero-order chi connectivity index (χ0) is 20.4. The highest BCUT2D eigenvalue weighted by Crippen LogP contribution is 2.37. The second kappa shape index (κ2) is 8.44. The lowest BCUT2D eigenvalue weighted by Crippen LogP contribution is -3.12. The van der Waals surface area contributed by atoms with Crippen LogP contribution in [0.1, 0.15) is 40.0 Å². The van der Waals surface area contributed by atoms with E-state index in [1.54, 1.807) is 25.6 Å². The molecule has 0 fully saturated rings. The number of nitrogens with zero attached hydrogens (tertiary/aromatic N) is 1. The van der Waals surface area contributed by atoms with Gasteiger partial charge in [0.2, 0.25) is 0 Å². The van der Waals surface area contributed by atoms with Crippen molar-refractivity contribution in [2.24, 2.45) is 0 Å². The van der Waals surface area contributed by atoms with E-state index in [9.17, 15) is 10.1 Å². The molecule has 1 aliphatic carbocycles. The molecule has 0 spiro atoms. The summed E-state index contributed by atoms with van der Waals surface area (Å²) in [4.78, 5) is 15.2. The summed E-state index contributed by atoms with van der Waals surface area (Å²) in [5.41, 5.74) is 4.28. The van der Waals surface area contributed by atoms with Crippen molar-refractivity contribution in [2.75, 3.05) is 32.6 Å². The minimum absolute atomic E-state index is 0.0287. The second-order valence-corrected chi connectivity index (χ2v) is 8.76. The monoisotopic (exact) mass is 412 g/mol. The first-order valence-electron chi connectivity index (χ1n) is 10.0. The van der Waals surface area contributed by atoms with Crippen molar-refractivity contribution in [3.8, 4) is 17.6 Å². The van der Waals surface area contributed by atoms with Gasteiger partial charge in [-0.2, -0.15) is 5.26 Å². The number of anilines is 1. The molecule has 2 N–H and O–H groups in total. The molecule has 152 valence electrons. The minimum Gasteiger partial charge on any atom is -0.493 e. The third-order valence-corrected chi connectivity index (χ3v) is 7.05. The van der Waals surface area contributed by atoms with E-state index in [0.29, 0.717) is 12.1 Å². The lowest BCUT2D eigenvalue weighted by Gasteiger charge is -2.26. The van der Waals surface area contributed by atoms with Gasteiger partial charge < -0.3 is 19.7 Å². The van der Waals surface area contributed by atoms with Gasteiger partial charge in [-0.25, -0.2) is 0 Å². The van der Waals surface area contributed by atoms with Gasteiger partial charge in [0.05, 0.1) is 26.3 Å². The average molecular weight is 413 g/mol. The lowest BCUT2D eigenvalue weighted by atomic mass is 9.96. The number of thiophene rings is 1. The van der Waals surface area contributed by atoms with Gasteiger partial charge in [0.25, 0.3) is 5.91 Å². The normalized spacial score (nSPS) is 17.6. The van der Waals surface area contributed by atoms with Crippen LogP contribution in [0.2, 0.25) is 0 Å². The van der Waals surface area contributed by atoms with Crippen molar-refractivity contribution in [1.82, 2.24) is 0 Å². The van der Waals surface area contributed by atoms with Gasteiger partial charge in [-0.3, -0.25) is 4.79 Å². The summed E-state index contributed by atoms with van der Waals surface area (Å²) in [6.45, 7) is 2.05. The van der Waals surface area contributed by atoms with Crippen LogP contribution in [0, 0.1) is 11.3 Å². The number of hydrogen-bond acceptors (Lipinski definition) is 5. The predicted molar refractivity (Wildman–Crippen MR) is 112 cm³/mol. The van der Waals surface area contributed by atoms with Crippen LogP contribution < -0.4 is 19.7 Å². The van der Waals surface area contributed by atoms with Crippen LogP contribution in [0.4, 0.5) is 5.00 Å². The van der Waals surface area contributed by atoms with E-state index in [4.69, 9.17) is 9.47 Å². The Kier molecular flexibility index (Phi) is 5.74. The third kappa shape index (κ3) is 3.96. The molecule has 4 rings (SSSR count). The number of nitrogens with one attached hydrogen (secondary N) is 2. The molecule has 0 saturated carbocycles. The molecular weight excluding hydrogens is 386 g/mol. The number of fused-ring (bicyclic) bond motifs is 2. The molecule has 2 heterocycles. The Morgan fingerprint density at radius 2 is 1.90 bits per heavy atom. The SMILES string of the molecule is COc1cc2c(cc1OC)C[NH+](CC(=O)Nc1sc3c(c1C#N)CCCC3)CC2. The highest BCUT2D eigenvalue weighted by atomic mass is 32.1. The quantitative estimate of drug-likeness (QED) is 0.789. The number of rotatable bonds is 5. The van der Waals surface area contributed by atoms with Crippen molar-refractivity contribution in [1.29, 1.82) is 5.26 Å². The number of nitriles is 1. The van der Waals surface area contributed by atoms with E-state index in [-0.39, 0.29) is 5.91 Å². The molecule has 1 aromatic carbocycles. The number of carbonyl (C=O) groups excluding carboxylic acids is 1. The molecule has 1 aliphatic heterocycles. The Morgan fingerprint density at radius 1 is 1.17 bits per heavy atom. The Labute approximate surface area is 175 Å². The molecule has 7 heteroatoms. The molecule has 1 atom stereocenters. The van der Waals surface area contributed by atoms with Gasteiger partial charge in [0.1, 0.15) is 17.6 Å². The maximum absolute atomic E-state index is 12.7. The summed E-state index contributed by atoms with van der Waals surface area (Å²) in [5.74, 6) is 1.44. The van der Waals surface area contributed by atoms with Crippen LogP contribution >= 0.6 is 11.3 Å². The van der Waals surface area contributed by atoms with Crippen molar-refractivity contribution < 1.29 is 19.2 Å². The predicted octanol–water partition coefficient (Wildman–Crippen LogP) is 2.10. The number of ether oxygens (including phenoxy) is 2.